The SMILES string of the molecule is O=c1c(-c2ccccc2)c(O)n(Cc2ccccc2)c(=O)n1C1CCCCC1. The first-order valence-electron chi connectivity index (χ1n) is 9.84. The Hall–Kier alpha value is -3.08. The van der Waals surface area contributed by atoms with Crippen LogP contribution in [0.3, 0.4) is 0 Å². The van der Waals surface area contributed by atoms with Gasteiger partial charge < -0.3 is 5.11 Å². The molecular formula is C23H24N2O3. The largest absolute Gasteiger partial charge is 0.494 e. The zero-order valence-corrected chi connectivity index (χ0v) is 15.8. The van der Waals surface area contributed by atoms with Crippen molar-refractivity contribution in [1.82, 2.24) is 9.13 Å². The molecular weight excluding hydrogens is 352 g/mol. The lowest BCUT2D eigenvalue weighted by atomic mass is 9.95. The molecule has 0 atom stereocenters. The molecule has 144 valence electrons. The summed E-state index contributed by atoms with van der Waals surface area (Å²) in [4.78, 5) is 26.6. The fourth-order valence-electron chi connectivity index (χ4n) is 4.09. The van der Waals surface area contributed by atoms with Gasteiger partial charge in [-0.25, -0.2) is 4.79 Å². The summed E-state index contributed by atoms with van der Waals surface area (Å²) < 4.78 is 2.71. The van der Waals surface area contributed by atoms with Gasteiger partial charge >= 0.3 is 5.69 Å². The molecule has 1 aromatic heterocycles. The van der Waals surface area contributed by atoms with E-state index in [9.17, 15) is 14.7 Å². The van der Waals surface area contributed by atoms with Gasteiger partial charge in [0, 0.05) is 6.04 Å². The molecule has 0 amide bonds. The fraction of sp³-hybridized carbons (Fsp3) is 0.304. The first kappa shape index (κ1) is 18.3. The van der Waals surface area contributed by atoms with E-state index in [0.717, 1.165) is 37.7 Å². The van der Waals surface area contributed by atoms with Gasteiger partial charge in [-0.3, -0.25) is 13.9 Å². The van der Waals surface area contributed by atoms with Gasteiger partial charge in [-0.1, -0.05) is 79.9 Å². The summed E-state index contributed by atoms with van der Waals surface area (Å²) in [6, 6.07) is 18.5. The average Bonchev–Trinajstić information content (AvgIpc) is 2.74. The van der Waals surface area contributed by atoms with Gasteiger partial charge in [0.05, 0.1) is 6.54 Å². The van der Waals surface area contributed by atoms with Crippen LogP contribution in [-0.2, 0) is 6.54 Å². The van der Waals surface area contributed by atoms with Gasteiger partial charge in [0.15, 0.2) is 0 Å². The Morgan fingerprint density at radius 1 is 0.857 bits per heavy atom. The molecule has 1 heterocycles. The predicted molar refractivity (Wildman–Crippen MR) is 110 cm³/mol. The Kier molecular flexibility index (Phi) is 5.15. The molecule has 0 unspecified atom stereocenters. The second kappa shape index (κ2) is 7.89. The molecule has 1 N–H and O–H groups in total. The van der Waals surface area contributed by atoms with Crippen LogP contribution in [0.4, 0.5) is 0 Å². The summed E-state index contributed by atoms with van der Waals surface area (Å²) in [5, 5.41) is 10.9. The fourth-order valence-corrected chi connectivity index (χ4v) is 4.09. The molecule has 1 saturated carbocycles. The minimum Gasteiger partial charge on any atom is -0.494 e. The summed E-state index contributed by atoms with van der Waals surface area (Å²) in [6.07, 6.45) is 4.79. The molecule has 1 fully saturated rings. The highest BCUT2D eigenvalue weighted by atomic mass is 16.3. The van der Waals surface area contributed by atoms with E-state index in [1.54, 1.807) is 12.1 Å². The van der Waals surface area contributed by atoms with Crippen molar-refractivity contribution < 1.29 is 5.11 Å². The Morgan fingerprint density at radius 3 is 2.11 bits per heavy atom. The predicted octanol–water partition coefficient (Wildman–Crippen LogP) is 3.94. The van der Waals surface area contributed by atoms with Gasteiger partial charge in [0.25, 0.3) is 5.56 Å². The average molecular weight is 376 g/mol. The first-order valence-corrected chi connectivity index (χ1v) is 9.84. The monoisotopic (exact) mass is 376 g/mol. The topological polar surface area (TPSA) is 64.2 Å². The molecule has 0 radical (unpaired) electrons. The number of benzene rings is 2. The summed E-state index contributed by atoms with van der Waals surface area (Å²) in [7, 11) is 0. The van der Waals surface area contributed by atoms with Crippen molar-refractivity contribution in [2.45, 2.75) is 44.7 Å². The van der Waals surface area contributed by atoms with Gasteiger partial charge in [-0.2, -0.15) is 0 Å². The van der Waals surface area contributed by atoms with Crippen LogP contribution in [0, 0.1) is 0 Å². The Morgan fingerprint density at radius 2 is 1.46 bits per heavy atom. The molecule has 0 spiro atoms. The smallest absolute Gasteiger partial charge is 0.334 e. The summed E-state index contributed by atoms with van der Waals surface area (Å²) in [5.41, 5.74) is 0.883. The molecule has 0 aliphatic heterocycles. The van der Waals surface area contributed by atoms with Crippen LogP contribution in [0.5, 0.6) is 5.88 Å². The molecule has 28 heavy (non-hydrogen) atoms. The lowest BCUT2D eigenvalue weighted by Crippen LogP contribution is -2.43. The number of aromatic hydroxyl groups is 1. The van der Waals surface area contributed by atoms with E-state index in [-0.39, 0.29) is 24.0 Å². The van der Waals surface area contributed by atoms with Gasteiger partial charge in [-0.15, -0.1) is 0 Å². The lowest BCUT2D eigenvalue weighted by Gasteiger charge is -2.25. The second-order valence-corrected chi connectivity index (χ2v) is 7.39. The zero-order valence-electron chi connectivity index (χ0n) is 15.8. The Bertz CT molecular complexity index is 1060. The molecule has 0 bridgehead atoms. The summed E-state index contributed by atoms with van der Waals surface area (Å²) >= 11 is 0. The van der Waals surface area contributed by atoms with Gasteiger partial charge in [-0.05, 0) is 24.0 Å². The van der Waals surface area contributed by atoms with Crippen molar-refractivity contribution in [2.75, 3.05) is 0 Å². The van der Waals surface area contributed by atoms with Crippen LogP contribution in [-0.4, -0.2) is 14.2 Å². The normalized spacial score (nSPS) is 14.9. The highest BCUT2D eigenvalue weighted by Gasteiger charge is 2.25. The molecule has 5 heteroatoms. The second-order valence-electron chi connectivity index (χ2n) is 7.39. The van der Waals surface area contributed by atoms with Crippen molar-refractivity contribution in [3.63, 3.8) is 0 Å². The number of rotatable bonds is 4. The van der Waals surface area contributed by atoms with E-state index in [0.29, 0.717) is 5.56 Å². The number of nitrogens with zero attached hydrogens (tertiary/aromatic N) is 2. The van der Waals surface area contributed by atoms with Crippen LogP contribution in [0.15, 0.2) is 70.3 Å². The van der Waals surface area contributed by atoms with E-state index in [4.69, 9.17) is 0 Å². The van der Waals surface area contributed by atoms with E-state index in [1.807, 2.05) is 48.5 Å². The Labute approximate surface area is 163 Å². The van der Waals surface area contributed by atoms with Crippen molar-refractivity contribution in [1.29, 1.82) is 0 Å². The maximum absolute atomic E-state index is 13.3. The van der Waals surface area contributed by atoms with Crippen LogP contribution in [0.1, 0.15) is 43.7 Å². The van der Waals surface area contributed by atoms with Crippen molar-refractivity contribution >= 4 is 0 Å². The van der Waals surface area contributed by atoms with Crippen LogP contribution >= 0.6 is 0 Å². The van der Waals surface area contributed by atoms with Crippen LogP contribution in [0.25, 0.3) is 11.1 Å². The maximum Gasteiger partial charge on any atom is 0.334 e. The highest BCUT2D eigenvalue weighted by Crippen LogP contribution is 2.29. The molecule has 5 nitrogen and oxygen atoms in total. The highest BCUT2D eigenvalue weighted by molar-refractivity contribution is 5.67. The van der Waals surface area contributed by atoms with Gasteiger partial charge in [0.1, 0.15) is 5.56 Å². The van der Waals surface area contributed by atoms with Crippen molar-refractivity contribution in [3.8, 4) is 17.0 Å². The lowest BCUT2D eigenvalue weighted by molar-refractivity contribution is 0.320. The van der Waals surface area contributed by atoms with Crippen LogP contribution in [0.2, 0.25) is 0 Å². The molecule has 4 rings (SSSR count). The molecule has 1 aliphatic rings. The number of aromatic nitrogens is 2. The molecule has 1 aliphatic carbocycles. The molecule has 3 aromatic rings. The third kappa shape index (κ3) is 3.40. The zero-order chi connectivity index (χ0) is 19.5. The maximum atomic E-state index is 13.3. The number of hydrogen-bond donors (Lipinski definition) is 1. The minimum atomic E-state index is -0.432. The third-order valence-electron chi connectivity index (χ3n) is 5.53. The van der Waals surface area contributed by atoms with E-state index >= 15 is 0 Å². The standard InChI is InChI=1S/C23H24N2O3/c26-21-20(18-12-6-2-7-13-18)22(27)25(19-14-8-3-9-15-19)23(28)24(21)16-17-10-4-1-5-11-17/h1-2,4-7,10-13,19,26H,3,8-9,14-16H2. The first-order chi connectivity index (χ1) is 13.7. The van der Waals surface area contributed by atoms with E-state index in [1.165, 1.54) is 9.13 Å². The summed E-state index contributed by atoms with van der Waals surface area (Å²) in [5.74, 6) is -0.267. The van der Waals surface area contributed by atoms with E-state index < -0.39 is 11.2 Å². The molecule has 0 saturated heterocycles. The number of hydrogen-bond acceptors (Lipinski definition) is 3. The quantitative estimate of drug-likeness (QED) is 0.750. The van der Waals surface area contributed by atoms with Gasteiger partial charge in [0.2, 0.25) is 5.88 Å². The third-order valence-corrected chi connectivity index (χ3v) is 5.53. The van der Waals surface area contributed by atoms with Crippen molar-refractivity contribution in [2.24, 2.45) is 0 Å². The Balaban J connectivity index is 1.94. The van der Waals surface area contributed by atoms with E-state index in [2.05, 4.69) is 0 Å². The summed E-state index contributed by atoms with van der Waals surface area (Å²) in [6.45, 7) is 0.221. The minimum absolute atomic E-state index is 0.112. The molecule has 2 aromatic carbocycles. The van der Waals surface area contributed by atoms with Crippen molar-refractivity contribution in [3.05, 3.63) is 87.1 Å². The van der Waals surface area contributed by atoms with Crippen LogP contribution < -0.4 is 11.2 Å².